The van der Waals surface area contributed by atoms with E-state index in [9.17, 15) is 0 Å². The maximum absolute atomic E-state index is 6.26. The van der Waals surface area contributed by atoms with Crippen molar-refractivity contribution >= 4 is 0 Å². The molecule has 3 atom stereocenters. The van der Waals surface area contributed by atoms with Crippen LogP contribution < -0.4 is 0 Å². The summed E-state index contributed by atoms with van der Waals surface area (Å²) in [5.41, 5.74) is 0. The lowest BCUT2D eigenvalue weighted by atomic mass is 9.69. The average molecular weight is 268 g/mol. The Morgan fingerprint density at radius 1 is 1.11 bits per heavy atom. The van der Waals surface area contributed by atoms with Gasteiger partial charge in [0.15, 0.2) is 5.79 Å². The Morgan fingerprint density at radius 3 is 2.11 bits per heavy atom. The van der Waals surface area contributed by atoms with E-state index in [2.05, 4.69) is 34.6 Å². The van der Waals surface area contributed by atoms with Crippen LogP contribution in [0.1, 0.15) is 60.3 Å². The molecule has 2 fully saturated rings. The Morgan fingerprint density at radius 2 is 1.63 bits per heavy atom. The van der Waals surface area contributed by atoms with E-state index < -0.39 is 0 Å². The van der Waals surface area contributed by atoms with Gasteiger partial charge in [-0.3, -0.25) is 0 Å². The van der Waals surface area contributed by atoms with Gasteiger partial charge in [0.25, 0.3) is 0 Å². The molecule has 0 spiro atoms. The molecule has 2 nitrogen and oxygen atoms in total. The average Bonchev–Trinajstić information content (AvgIpc) is 2.38. The van der Waals surface area contributed by atoms with Gasteiger partial charge in [-0.25, -0.2) is 0 Å². The molecule has 1 aliphatic carbocycles. The number of hydrogen-bond acceptors (Lipinski definition) is 2. The molecule has 2 heteroatoms. The van der Waals surface area contributed by atoms with E-state index in [1.807, 2.05) is 0 Å². The maximum atomic E-state index is 6.26. The monoisotopic (exact) mass is 268 g/mol. The number of hydrogen-bond donors (Lipinski definition) is 0. The predicted octanol–water partition coefficient (Wildman–Crippen LogP) is 4.48. The van der Waals surface area contributed by atoms with Crippen LogP contribution in [-0.2, 0) is 9.47 Å². The maximum Gasteiger partial charge on any atom is 0.168 e. The summed E-state index contributed by atoms with van der Waals surface area (Å²) in [7, 11) is 0. The summed E-state index contributed by atoms with van der Waals surface area (Å²) in [5.74, 6) is 2.92. The summed E-state index contributed by atoms with van der Waals surface area (Å²) < 4.78 is 12.5. The van der Waals surface area contributed by atoms with Crippen LogP contribution in [0.2, 0.25) is 0 Å². The minimum Gasteiger partial charge on any atom is -0.350 e. The van der Waals surface area contributed by atoms with Gasteiger partial charge in [-0.05, 0) is 24.7 Å². The number of rotatable bonds is 3. The van der Waals surface area contributed by atoms with Gasteiger partial charge in [-0.2, -0.15) is 0 Å². The van der Waals surface area contributed by atoms with Gasteiger partial charge in [0.1, 0.15) is 0 Å². The van der Waals surface area contributed by atoms with Gasteiger partial charge < -0.3 is 9.47 Å². The van der Waals surface area contributed by atoms with Crippen molar-refractivity contribution in [2.45, 2.75) is 66.1 Å². The van der Waals surface area contributed by atoms with Crippen molar-refractivity contribution in [3.63, 3.8) is 0 Å². The standard InChI is InChI=1S/C17H32O2/c1-6-12(2)15-10-18-17(5,19-11-15)16-13(3)8-7-9-14(16)4/h12-16H,6-11H2,1-5H3. The van der Waals surface area contributed by atoms with Crippen molar-refractivity contribution in [2.75, 3.05) is 13.2 Å². The van der Waals surface area contributed by atoms with Crippen LogP contribution in [0, 0.1) is 29.6 Å². The molecular weight excluding hydrogens is 236 g/mol. The van der Waals surface area contributed by atoms with E-state index in [4.69, 9.17) is 9.47 Å². The van der Waals surface area contributed by atoms with E-state index >= 15 is 0 Å². The fourth-order valence-corrected chi connectivity index (χ4v) is 4.20. The van der Waals surface area contributed by atoms with Crippen LogP contribution in [0.5, 0.6) is 0 Å². The zero-order chi connectivity index (χ0) is 14.0. The summed E-state index contributed by atoms with van der Waals surface area (Å²) in [4.78, 5) is 0. The van der Waals surface area contributed by atoms with E-state index in [1.54, 1.807) is 0 Å². The Bertz CT molecular complexity index is 271. The van der Waals surface area contributed by atoms with Crippen molar-refractivity contribution in [3.05, 3.63) is 0 Å². The fourth-order valence-electron chi connectivity index (χ4n) is 4.20. The molecule has 19 heavy (non-hydrogen) atoms. The summed E-state index contributed by atoms with van der Waals surface area (Å²) in [6, 6.07) is 0. The molecule has 0 N–H and O–H groups in total. The first-order valence-electron chi connectivity index (χ1n) is 8.25. The quantitative estimate of drug-likeness (QED) is 0.751. The van der Waals surface area contributed by atoms with E-state index in [0.717, 1.165) is 13.2 Å². The lowest BCUT2D eigenvalue weighted by Crippen LogP contribution is -2.53. The van der Waals surface area contributed by atoms with Crippen molar-refractivity contribution in [1.29, 1.82) is 0 Å². The lowest BCUT2D eigenvalue weighted by molar-refractivity contribution is -0.318. The third-order valence-corrected chi connectivity index (χ3v) is 5.77. The highest BCUT2D eigenvalue weighted by Gasteiger charge is 2.47. The summed E-state index contributed by atoms with van der Waals surface area (Å²) in [6.07, 6.45) is 5.23. The minimum atomic E-state index is -0.344. The minimum absolute atomic E-state index is 0.344. The molecule has 1 aliphatic heterocycles. The second-order valence-corrected chi connectivity index (χ2v) is 7.19. The summed E-state index contributed by atoms with van der Waals surface area (Å²) in [5, 5.41) is 0. The fraction of sp³-hybridized carbons (Fsp3) is 1.00. The Labute approximate surface area is 119 Å². The first kappa shape index (κ1) is 15.3. The Hall–Kier alpha value is -0.0800. The first-order valence-corrected chi connectivity index (χ1v) is 8.25. The van der Waals surface area contributed by atoms with Crippen LogP contribution in [0.4, 0.5) is 0 Å². The SMILES string of the molecule is CCC(C)C1COC(C)(C2C(C)CCCC2C)OC1. The van der Waals surface area contributed by atoms with E-state index in [0.29, 0.717) is 29.6 Å². The van der Waals surface area contributed by atoms with Crippen LogP contribution in [0.15, 0.2) is 0 Å². The predicted molar refractivity (Wildman–Crippen MR) is 78.9 cm³/mol. The zero-order valence-corrected chi connectivity index (χ0v) is 13.4. The highest BCUT2D eigenvalue weighted by molar-refractivity contribution is 4.89. The normalized spacial score (nSPS) is 45.9. The molecule has 0 aromatic rings. The molecule has 2 aliphatic rings. The third-order valence-electron chi connectivity index (χ3n) is 5.77. The molecular formula is C17H32O2. The van der Waals surface area contributed by atoms with E-state index in [-0.39, 0.29) is 5.79 Å². The summed E-state index contributed by atoms with van der Waals surface area (Å²) in [6.45, 7) is 13.2. The van der Waals surface area contributed by atoms with Crippen molar-refractivity contribution in [3.8, 4) is 0 Å². The van der Waals surface area contributed by atoms with Crippen LogP contribution in [0.25, 0.3) is 0 Å². The topological polar surface area (TPSA) is 18.5 Å². The third kappa shape index (κ3) is 3.16. The molecule has 3 unspecified atom stereocenters. The molecule has 0 bridgehead atoms. The molecule has 1 saturated heterocycles. The number of ether oxygens (including phenoxy) is 2. The highest BCUT2D eigenvalue weighted by atomic mass is 16.7. The van der Waals surface area contributed by atoms with Gasteiger partial charge in [-0.15, -0.1) is 0 Å². The Kier molecular flexibility index (Phi) is 4.94. The van der Waals surface area contributed by atoms with Gasteiger partial charge in [0, 0.05) is 11.8 Å². The molecule has 0 aromatic carbocycles. The van der Waals surface area contributed by atoms with Crippen molar-refractivity contribution < 1.29 is 9.47 Å². The van der Waals surface area contributed by atoms with Crippen molar-refractivity contribution in [1.82, 2.24) is 0 Å². The van der Waals surface area contributed by atoms with Gasteiger partial charge in [0.2, 0.25) is 0 Å². The molecule has 112 valence electrons. The van der Waals surface area contributed by atoms with Gasteiger partial charge >= 0.3 is 0 Å². The highest BCUT2D eigenvalue weighted by Crippen LogP contribution is 2.45. The molecule has 0 amide bonds. The second kappa shape index (κ2) is 6.13. The molecule has 1 saturated carbocycles. The van der Waals surface area contributed by atoms with Crippen LogP contribution >= 0.6 is 0 Å². The largest absolute Gasteiger partial charge is 0.350 e. The van der Waals surface area contributed by atoms with Crippen LogP contribution in [-0.4, -0.2) is 19.0 Å². The lowest BCUT2D eigenvalue weighted by Gasteiger charge is -2.49. The zero-order valence-electron chi connectivity index (χ0n) is 13.4. The molecule has 0 aromatic heterocycles. The molecule has 0 radical (unpaired) electrons. The van der Waals surface area contributed by atoms with Gasteiger partial charge in [-0.1, -0.05) is 53.4 Å². The van der Waals surface area contributed by atoms with Gasteiger partial charge in [0.05, 0.1) is 13.2 Å². The van der Waals surface area contributed by atoms with E-state index in [1.165, 1.54) is 25.7 Å². The Balaban J connectivity index is 2.00. The molecule has 1 heterocycles. The summed E-state index contributed by atoms with van der Waals surface area (Å²) >= 11 is 0. The van der Waals surface area contributed by atoms with Crippen molar-refractivity contribution in [2.24, 2.45) is 29.6 Å². The van der Waals surface area contributed by atoms with Crippen LogP contribution in [0.3, 0.4) is 0 Å². The first-order chi connectivity index (χ1) is 8.98. The molecule has 2 rings (SSSR count). The smallest absolute Gasteiger partial charge is 0.168 e. The second-order valence-electron chi connectivity index (χ2n) is 7.19.